The van der Waals surface area contributed by atoms with Crippen LogP contribution in [0.1, 0.15) is 57.8 Å². The van der Waals surface area contributed by atoms with Gasteiger partial charge in [0, 0.05) is 15.3 Å². The molecular weight excluding hydrogens is 357 g/mol. The molecule has 0 aliphatic heterocycles. The Labute approximate surface area is 137 Å². The van der Waals surface area contributed by atoms with Crippen molar-refractivity contribution >= 4 is 28.3 Å². The van der Waals surface area contributed by atoms with E-state index < -0.39 is 0 Å². The minimum absolute atomic E-state index is 0.715. The number of halogens is 1. The smallest absolute Gasteiger partial charge is 0.0343 e. The number of hydrogen-bond acceptors (Lipinski definition) is 1. The first kappa shape index (κ1) is 14.7. The van der Waals surface area contributed by atoms with Gasteiger partial charge in [0.25, 0.3) is 0 Å². The molecule has 1 N–H and O–H groups in total. The number of nitrogens with one attached hydrogen (secondary N) is 1. The van der Waals surface area contributed by atoms with Crippen molar-refractivity contribution in [3.8, 4) is 0 Å². The zero-order valence-corrected chi connectivity index (χ0v) is 14.4. The second kappa shape index (κ2) is 7.15. The van der Waals surface area contributed by atoms with E-state index in [-0.39, 0.29) is 0 Å². The van der Waals surface area contributed by atoms with E-state index in [4.69, 9.17) is 0 Å². The van der Waals surface area contributed by atoms with Crippen LogP contribution in [0.5, 0.6) is 0 Å². The van der Waals surface area contributed by atoms with Crippen molar-refractivity contribution in [3.63, 3.8) is 0 Å². The van der Waals surface area contributed by atoms with Gasteiger partial charge in [-0.2, -0.15) is 0 Å². The van der Waals surface area contributed by atoms with Crippen LogP contribution < -0.4 is 5.32 Å². The second-order valence-electron chi connectivity index (χ2n) is 6.60. The molecule has 0 aromatic heterocycles. The quantitative estimate of drug-likeness (QED) is 0.647. The first-order valence-electron chi connectivity index (χ1n) is 8.35. The maximum Gasteiger partial charge on any atom is 0.0343 e. The minimum atomic E-state index is 0.715. The van der Waals surface area contributed by atoms with Crippen LogP contribution in [-0.4, -0.2) is 6.04 Å². The lowest BCUT2D eigenvalue weighted by Gasteiger charge is -2.39. The minimum Gasteiger partial charge on any atom is -0.382 e. The van der Waals surface area contributed by atoms with Crippen LogP contribution in [0.4, 0.5) is 5.69 Å². The zero-order chi connectivity index (χ0) is 13.8. The molecule has 2 heteroatoms. The molecule has 0 radical (unpaired) electrons. The molecule has 0 saturated heterocycles. The van der Waals surface area contributed by atoms with Crippen LogP contribution in [0.15, 0.2) is 24.3 Å². The molecule has 2 aliphatic carbocycles. The number of benzene rings is 1. The molecule has 0 amide bonds. The van der Waals surface area contributed by atoms with Gasteiger partial charge in [0.05, 0.1) is 0 Å². The molecule has 2 unspecified atom stereocenters. The lowest BCUT2D eigenvalue weighted by atomic mass is 9.71. The summed E-state index contributed by atoms with van der Waals surface area (Å²) in [4.78, 5) is 0. The van der Waals surface area contributed by atoms with Gasteiger partial charge < -0.3 is 5.32 Å². The molecule has 2 atom stereocenters. The van der Waals surface area contributed by atoms with Crippen LogP contribution in [0, 0.1) is 15.4 Å². The summed E-state index contributed by atoms with van der Waals surface area (Å²) >= 11 is 2.38. The van der Waals surface area contributed by atoms with Gasteiger partial charge in [0.2, 0.25) is 0 Å². The molecule has 0 heterocycles. The Morgan fingerprint density at radius 2 is 1.45 bits per heavy atom. The highest BCUT2D eigenvalue weighted by molar-refractivity contribution is 14.1. The molecular formula is C18H26IN. The van der Waals surface area contributed by atoms with E-state index in [0.717, 1.165) is 11.8 Å². The molecule has 0 spiro atoms. The normalized spacial score (nSPS) is 28.2. The summed E-state index contributed by atoms with van der Waals surface area (Å²) in [5, 5.41) is 3.85. The van der Waals surface area contributed by atoms with Crippen molar-refractivity contribution in [1.82, 2.24) is 0 Å². The first-order chi connectivity index (χ1) is 9.83. The lowest BCUT2D eigenvalue weighted by molar-refractivity contribution is 0.180. The predicted molar refractivity (Wildman–Crippen MR) is 95.1 cm³/mol. The monoisotopic (exact) mass is 383 g/mol. The van der Waals surface area contributed by atoms with Gasteiger partial charge in [-0.25, -0.2) is 0 Å². The van der Waals surface area contributed by atoms with Crippen LogP contribution in [0.25, 0.3) is 0 Å². The summed E-state index contributed by atoms with van der Waals surface area (Å²) in [6, 6.07) is 9.62. The summed E-state index contributed by atoms with van der Waals surface area (Å²) in [7, 11) is 0. The van der Waals surface area contributed by atoms with Gasteiger partial charge in [-0.3, -0.25) is 0 Å². The van der Waals surface area contributed by atoms with Crippen molar-refractivity contribution in [2.75, 3.05) is 5.32 Å². The average molecular weight is 383 g/mol. The van der Waals surface area contributed by atoms with E-state index in [2.05, 4.69) is 52.2 Å². The summed E-state index contributed by atoms with van der Waals surface area (Å²) < 4.78 is 1.32. The molecule has 20 heavy (non-hydrogen) atoms. The zero-order valence-electron chi connectivity index (χ0n) is 12.3. The molecule has 2 aliphatic rings. The Morgan fingerprint density at radius 3 is 2.20 bits per heavy atom. The molecule has 0 bridgehead atoms. The fourth-order valence-electron chi connectivity index (χ4n) is 4.23. The molecule has 3 rings (SSSR count). The lowest BCUT2D eigenvalue weighted by Crippen LogP contribution is -2.37. The SMILES string of the molecule is Ic1ccc(NC2CCCCC2C2CCCCC2)cc1. The van der Waals surface area contributed by atoms with E-state index in [0.29, 0.717) is 6.04 Å². The van der Waals surface area contributed by atoms with E-state index in [9.17, 15) is 0 Å². The van der Waals surface area contributed by atoms with Crippen molar-refractivity contribution < 1.29 is 0 Å². The topological polar surface area (TPSA) is 12.0 Å². The third-order valence-corrected chi connectivity index (χ3v) is 5.99. The third-order valence-electron chi connectivity index (χ3n) is 5.27. The highest BCUT2D eigenvalue weighted by atomic mass is 127. The molecule has 2 saturated carbocycles. The average Bonchev–Trinajstić information content (AvgIpc) is 2.51. The Hall–Kier alpha value is -0.250. The van der Waals surface area contributed by atoms with Crippen LogP contribution in [0.2, 0.25) is 0 Å². The Kier molecular flexibility index (Phi) is 5.24. The maximum absolute atomic E-state index is 3.85. The van der Waals surface area contributed by atoms with E-state index in [1.165, 1.54) is 67.0 Å². The molecule has 1 nitrogen and oxygen atoms in total. The third kappa shape index (κ3) is 3.69. The Balaban J connectivity index is 1.66. The van der Waals surface area contributed by atoms with Gasteiger partial charge in [-0.05, 0) is 71.5 Å². The standard InChI is InChI=1S/C18H26IN/c19-15-10-12-16(13-11-15)20-18-9-5-4-8-17(18)14-6-2-1-3-7-14/h10-14,17-18,20H,1-9H2. The molecule has 2 fully saturated rings. The molecule has 1 aromatic carbocycles. The van der Waals surface area contributed by atoms with E-state index in [1.54, 1.807) is 0 Å². The van der Waals surface area contributed by atoms with Gasteiger partial charge in [-0.1, -0.05) is 44.9 Å². The Bertz CT molecular complexity index is 408. The number of rotatable bonds is 3. The van der Waals surface area contributed by atoms with Crippen molar-refractivity contribution in [3.05, 3.63) is 27.8 Å². The fraction of sp³-hybridized carbons (Fsp3) is 0.667. The first-order valence-corrected chi connectivity index (χ1v) is 9.43. The van der Waals surface area contributed by atoms with Crippen LogP contribution in [0.3, 0.4) is 0 Å². The van der Waals surface area contributed by atoms with Crippen molar-refractivity contribution in [2.45, 2.75) is 63.8 Å². The maximum atomic E-state index is 3.85. The van der Waals surface area contributed by atoms with Gasteiger partial charge in [0.15, 0.2) is 0 Å². The Morgan fingerprint density at radius 1 is 0.800 bits per heavy atom. The second-order valence-corrected chi connectivity index (χ2v) is 7.85. The number of anilines is 1. The fourth-order valence-corrected chi connectivity index (χ4v) is 4.59. The van der Waals surface area contributed by atoms with Crippen molar-refractivity contribution in [1.29, 1.82) is 0 Å². The molecule has 110 valence electrons. The van der Waals surface area contributed by atoms with Gasteiger partial charge in [0.1, 0.15) is 0 Å². The largest absolute Gasteiger partial charge is 0.382 e. The molecule has 1 aromatic rings. The van der Waals surface area contributed by atoms with E-state index >= 15 is 0 Å². The van der Waals surface area contributed by atoms with Gasteiger partial charge >= 0.3 is 0 Å². The highest BCUT2D eigenvalue weighted by Crippen LogP contribution is 2.39. The van der Waals surface area contributed by atoms with Crippen LogP contribution in [-0.2, 0) is 0 Å². The predicted octanol–water partition coefficient (Wildman–Crippen LogP) is 5.84. The van der Waals surface area contributed by atoms with E-state index in [1.807, 2.05) is 0 Å². The summed E-state index contributed by atoms with van der Waals surface area (Å²) in [6.07, 6.45) is 13.1. The summed E-state index contributed by atoms with van der Waals surface area (Å²) in [6.45, 7) is 0. The van der Waals surface area contributed by atoms with Crippen LogP contribution >= 0.6 is 22.6 Å². The summed E-state index contributed by atoms with van der Waals surface area (Å²) in [5.74, 6) is 1.91. The van der Waals surface area contributed by atoms with Crippen molar-refractivity contribution in [2.24, 2.45) is 11.8 Å². The number of hydrogen-bond donors (Lipinski definition) is 1. The van der Waals surface area contributed by atoms with Gasteiger partial charge in [-0.15, -0.1) is 0 Å². The summed E-state index contributed by atoms with van der Waals surface area (Å²) in [5.41, 5.74) is 1.32. The highest BCUT2D eigenvalue weighted by Gasteiger charge is 2.32.